The largest absolute Gasteiger partial charge is 0.0984 e. The van der Waals surface area contributed by atoms with E-state index in [1.165, 1.54) is 94.6 Å². The van der Waals surface area contributed by atoms with Gasteiger partial charge in [0.2, 0.25) is 0 Å². The van der Waals surface area contributed by atoms with Crippen molar-refractivity contribution in [2.75, 3.05) is 0 Å². The van der Waals surface area contributed by atoms with Crippen LogP contribution in [-0.2, 0) is 21.7 Å². The lowest BCUT2D eigenvalue weighted by atomic mass is 9.32. The van der Waals surface area contributed by atoms with Crippen molar-refractivity contribution in [2.45, 2.75) is 74.0 Å². The zero-order valence-corrected chi connectivity index (χ0v) is 47.4. The second-order valence-corrected chi connectivity index (χ2v) is 24.0. The van der Waals surface area contributed by atoms with Crippen molar-refractivity contribution in [3.63, 3.8) is 0 Å². The summed E-state index contributed by atoms with van der Waals surface area (Å²) >= 11 is 0. The Balaban J connectivity index is 1.17. The van der Waals surface area contributed by atoms with Crippen molar-refractivity contribution in [1.29, 1.82) is 0 Å². The van der Waals surface area contributed by atoms with Crippen molar-refractivity contribution >= 4 is 11.1 Å². The maximum atomic E-state index is 4.76. The highest BCUT2D eigenvalue weighted by atomic mass is 14.7. The number of hydrogen-bond donors (Lipinski definition) is 0. The van der Waals surface area contributed by atoms with Gasteiger partial charge in [0.15, 0.2) is 0 Å². The molecular weight excluding hydrogens is 985 g/mol. The van der Waals surface area contributed by atoms with Crippen molar-refractivity contribution in [1.82, 2.24) is 0 Å². The van der Waals surface area contributed by atoms with Gasteiger partial charge < -0.3 is 0 Å². The van der Waals surface area contributed by atoms with Crippen LogP contribution in [0.15, 0.2) is 304 Å². The summed E-state index contributed by atoms with van der Waals surface area (Å²) < 4.78 is 0. The Hall–Kier alpha value is -9.10. The average molecular weight is 1060 g/mol. The van der Waals surface area contributed by atoms with Crippen molar-refractivity contribution in [3.8, 4) is 66.8 Å². The molecule has 4 bridgehead atoms. The molecule has 398 valence electrons. The Morgan fingerprint density at radius 1 is 0.317 bits per heavy atom. The summed E-state index contributed by atoms with van der Waals surface area (Å²) in [5.41, 5.74) is 24.0. The third-order valence-corrected chi connectivity index (χ3v) is 18.6. The summed E-state index contributed by atoms with van der Waals surface area (Å²) in [6.07, 6.45) is 18.9. The van der Waals surface area contributed by atoms with Gasteiger partial charge in [0.1, 0.15) is 0 Å². The van der Waals surface area contributed by atoms with Crippen LogP contribution in [0.5, 0.6) is 0 Å². The molecule has 4 fully saturated rings. The summed E-state index contributed by atoms with van der Waals surface area (Å²) in [5.74, 6) is 0. The van der Waals surface area contributed by atoms with E-state index >= 15 is 0 Å². The standard InChI is InChI=1S/C82H70/c1-5-8-28-60(7-3)68-41-67(59(4)27-6-2)45-75(46-68)79-53-80(76-47-69(61-29-15-9-16-30-61)42-70(48-76)62-31-17-10-18-32-62)56-81(54-79,77-49-71(63-33-19-11-20-34-63)43-72(50-77)64-35-21-12-22-36-64)58-82(55-79,57-80)78-51-73(65-37-23-13-24-38-65)44-74(52-78)66-39-25-14-26-40-66/h5-52H,3-4,53-58H2,1-2H3. The van der Waals surface area contributed by atoms with E-state index in [1.54, 1.807) is 0 Å². The molecule has 10 aromatic carbocycles. The molecule has 0 radical (unpaired) electrons. The van der Waals surface area contributed by atoms with Gasteiger partial charge >= 0.3 is 0 Å². The van der Waals surface area contributed by atoms with Crippen LogP contribution in [0.3, 0.4) is 0 Å². The molecule has 0 amide bonds. The first-order valence-corrected chi connectivity index (χ1v) is 29.4. The minimum Gasteiger partial charge on any atom is -0.0984 e. The Morgan fingerprint density at radius 3 is 0.841 bits per heavy atom. The van der Waals surface area contributed by atoms with Crippen LogP contribution < -0.4 is 0 Å². The quantitative estimate of drug-likeness (QED) is 0.0898. The summed E-state index contributed by atoms with van der Waals surface area (Å²) in [6.45, 7) is 13.4. The van der Waals surface area contributed by atoms with E-state index in [-0.39, 0.29) is 21.7 Å². The maximum absolute atomic E-state index is 4.76. The van der Waals surface area contributed by atoms with Crippen LogP contribution >= 0.6 is 0 Å². The molecule has 82 heavy (non-hydrogen) atoms. The summed E-state index contributed by atoms with van der Waals surface area (Å²) in [5, 5.41) is 0. The van der Waals surface area contributed by atoms with E-state index in [4.69, 9.17) is 6.58 Å². The van der Waals surface area contributed by atoms with Gasteiger partial charge in [-0.05, 0) is 210 Å². The molecule has 0 aromatic heterocycles. The predicted octanol–water partition coefficient (Wildman–Crippen LogP) is 21.9. The smallest absolute Gasteiger partial charge is 0.00211 e. The van der Waals surface area contributed by atoms with Gasteiger partial charge in [0.05, 0.1) is 0 Å². The Kier molecular flexibility index (Phi) is 13.9. The van der Waals surface area contributed by atoms with Crippen LogP contribution in [0.25, 0.3) is 77.9 Å². The topological polar surface area (TPSA) is 0 Å². The third-order valence-electron chi connectivity index (χ3n) is 18.6. The van der Waals surface area contributed by atoms with E-state index in [2.05, 4.69) is 306 Å². The fourth-order valence-corrected chi connectivity index (χ4v) is 15.5. The summed E-state index contributed by atoms with van der Waals surface area (Å²) in [4.78, 5) is 0. The van der Waals surface area contributed by atoms with Crippen molar-refractivity contribution in [3.05, 3.63) is 338 Å². The normalized spacial score (nSPS) is 21.0. The Morgan fingerprint density at radius 2 is 0.585 bits per heavy atom. The molecule has 0 nitrogen and oxygen atoms in total. The van der Waals surface area contributed by atoms with Gasteiger partial charge in [-0.2, -0.15) is 0 Å². The van der Waals surface area contributed by atoms with Crippen LogP contribution in [0.1, 0.15) is 85.8 Å². The van der Waals surface area contributed by atoms with E-state index < -0.39 is 0 Å². The average Bonchev–Trinajstić information content (AvgIpc) is 0.727. The third kappa shape index (κ3) is 9.81. The van der Waals surface area contributed by atoms with Crippen LogP contribution in [0.2, 0.25) is 0 Å². The molecule has 14 rings (SSSR count). The molecule has 10 aromatic rings. The minimum atomic E-state index is -0.302. The fourth-order valence-electron chi connectivity index (χ4n) is 15.5. The highest BCUT2D eigenvalue weighted by Gasteiger charge is 2.69. The highest BCUT2D eigenvalue weighted by molar-refractivity contribution is 5.82. The van der Waals surface area contributed by atoms with Gasteiger partial charge in [-0.15, -0.1) is 0 Å². The SMILES string of the molecule is C=CC(=CC=CC)c1cc(C(=C)C=CC)cc(C23CC4(c5cc(-c6ccccc6)cc(-c6ccccc6)c5)CC(c5cc(-c6ccccc6)cc(-c6ccccc6)c5)(C2)CC(c2cc(-c5ccccc5)cc(-c5ccccc5)c2)(C3)C4)c1. The number of allylic oxidation sites excluding steroid dienone is 8. The molecule has 0 heterocycles. The Labute approximate surface area is 487 Å². The Bertz CT molecular complexity index is 3540. The first-order chi connectivity index (χ1) is 40.2. The molecule has 0 unspecified atom stereocenters. The summed E-state index contributed by atoms with van der Waals surface area (Å²) in [7, 11) is 0. The van der Waals surface area contributed by atoms with Gasteiger partial charge in [-0.25, -0.2) is 0 Å². The van der Waals surface area contributed by atoms with Gasteiger partial charge in [0.25, 0.3) is 0 Å². The van der Waals surface area contributed by atoms with Gasteiger partial charge in [0, 0.05) is 0 Å². The molecule has 0 heteroatoms. The molecular formula is C82H70. The lowest BCUT2D eigenvalue weighted by Gasteiger charge is -2.71. The molecule has 0 saturated heterocycles. The lowest BCUT2D eigenvalue weighted by molar-refractivity contribution is -0.0691. The van der Waals surface area contributed by atoms with Gasteiger partial charge in [-0.3, -0.25) is 0 Å². The second kappa shape index (κ2) is 21.8. The van der Waals surface area contributed by atoms with E-state index in [9.17, 15) is 0 Å². The van der Waals surface area contributed by atoms with Crippen LogP contribution in [0, 0.1) is 0 Å². The summed E-state index contributed by atoms with van der Waals surface area (Å²) in [6, 6.07) is 97.1. The van der Waals surface area contributed by atoms with E-state index in [1.807, 2.05) is 6.08 Å². The molecule has 0 atom stereocenters. The van der Waals surface area contributed by atoms with Crippen molar-refractivity contribution in [2.24, 2.45) is 0 Å². The zero-order valence-electron chi connectivity index (χ0n) is 47.4. The number of benzene rings is 10. The molecule has 4 aliphatic carbocycles. The number of rotatable bonds is 15. The van der Waals surface area contributed by atoms with Crippen LogP contribution in [-0.4, -0.2) is 0 Å². The molecule has 4 saturated carbocycles. The molecule has 0 spiro atoms. The molecule has 0 N–H and O–H groups in total. The first-order valence-electron chi connectivity index (χ1n) is 29.4. The minimum absolute atomic E-state index is 0.285. The monoisotopic (exact) mass is 1050 g/mol. The lowest BCUT2D eigenvalue weighted by Crippen LogP contribution is -2.67. The second-order valence-electron chi connectivity index (χ2n) is 24.0. The molecule has 0 aliphatic heterocycles. The van der Waals surface area contributed by atoms with Crippen LogP contribution in [0.4, 0.5) is 0 Å². The van der Waals surface area contributed by atoms with Gasteiger partial charge in [-0.1, -0.05) is 280 Å². The van der Waals surface area contributed by atoms with E-state index in [0.717, 1.165) is 55.2 Å². The first kappa shape index (κ1) is 52.3. The maximum Gasteiger partial charge on any atom is -0.00211 e. The highest BCUT2D eigenvalue weighted by Crippen LogP contribution is 2.75. The van der Waals surface area contributed by atoms with Crippen molar-refractivity contribution < 1.29 is 0 Å². The molecule has 4 aliphatic rings. The predicted molar refractivity (Wildman–Crippen MR) is 350 cm³/mol. The zero-order chi connectivity index (χ0) is 55.7. The van der Waals surface area contributed by atoms with E-state index in [0.29, 0.717) is 0 Å². The fraction of sp³-hybridized carbons (Fsp3) is 0.146. The number of hydrogen-bond acceptors (Lipinski definition) is 0.